The first-order chi connectivity index (χ1) is 9.42. The molecule has 2 rings (SSSR count). The Morgan fingerprint density at radius 1 is 1.00 bits per heavy atom. The van der Waals surface area contributed by atoms with E-state index in [-0.39, 0.29) is 0 Å². The number of benzene rings is 2. The molecule has 2 aromatic carbocycles. The second-order valence-electron chi connectivity index (χ2n) is 5.16. The molecule has 20 heavy (non-hydrogen) atoms. The van der Waals surface area contributed by atoms with Gasteiger partial charge in [-0.05, 0) is 61.2 Å². The van der Waals surface area contributed by atoms with Gasteiger partial charge in [-0.25, -0.2) is 0 Å². The van der Waals surface area contributed by atoms with Gasteiger partial charge in [0.15, 0.2) is 0 Å². The van der Waals surface area contributed by atoms with E-state index in [1.54, 1.807) is 13.2 Å². The van der Waals surface area contributed by atoms with Crippen molar-refractivity contribution in [2.45, 2.75) is 26.9 Å². The molecule has 0 radical (unpaired) electrons. The summed E-state index contributed by atoms with van der Waals surface area (Å²) in [7, 11) is 1.62. The smallest absolute Gasteiger partial charge is 0.125 e. The molecule has 0 aliphatic carbocycles. The molecular formula is C17H19ClO2. The van der Waals surface area contributed by atoms with Gasteiger partial charge < -0.3 is 9.84 Å². The van der Waals surface area contributed by atoms with E-state index in [4.69, 9.17) is 16.3 Å². The normalized spacial score (nSPS) is 12.3. The molecule has 2 aromatic rings. The first-order valence-electron chi connectivity index (χ1n) is 6.52. The Kier molecular flexibility index (Phi) is 4.36. The van der Waals surface area contributed by atoms with Crippen molar-refractivity contribution in [3.05, 3.63) is 63.2 Å². The number of aliphatic hydroxyl groups excluding tert-OH is 1. The van der Waals surface area contributed by atoms with Gasteiger partial charge in [0.2, 0.25) is 0 Å². The number of hydrogen-bond donors (Lipinski definition) is 1. The van der Waals surface area contributed by atoms with E-state index in [0.29, 0.717) is 10.8 Å². The van der Waals surface area contributed by atoms with Crippen molar-refractivity contribution in [3.8, 4) is 5.75 Å². The van der Waals surface area contributed by atoms with Crippen molar-refractivity contribution in [1.82, 2.24) is 0 Å². The molecule has 0 saturated carbocycles. The minimum absolute atomic E-state index is 0.628. The first kappa shape index (κ1) is 14.9. The van der Waals surface area contributed by atoms with Crippen molar-refractivity contribution in [2.75, 3.05) is 7.11 Å². The fourth-order valence-corrected chi connectivity index (χ4v) is 2.85. The van der Waals surface area contributed by atoms with Crippen LogP contribution in [0.15, 0.2) is 30.3 Å². The van der Waals surface area contributed by atoms with Crippen LogP contribution in [-0.4, -0.2) is 12.2 Å². The number of hydrogen-bond acceptors (Lipinski definition) is 2. The molecule has 0 aromatic heterocycles. The highest BCUT2D eigenvalue weighted by atomic mass is 35.5. The highest BCUT2D eigenvalue weighted by molar-refractivity contribution is 6.30. The van der Waals surface area contributed by atoms with Gasteiger partial charge in [-0.3, -0.25) is 0 Å². The zero-order chi connectivity index (χ0) is 14.9. The predicted molar refractivity (Wildman–Crippen MR) is 82.7 cm³/mol. The van der Waals surface area contributed by atoms with E-state index in [9.17, 15) is 5.11 Å². The minimum atomic E-state index is -0.747. The van der Waals surface area contributed by atoms with Crippen LogP contribution >= 0.6 is 11.6 Å². The summed E-state index contributed by atoms with van der Waals surface area (Å²) in [4.78, 5) is 0. The van der Waals surface area contributed by atoms with Crippen LogP contribution in [0.3, 0.4) is 0 Å². The lowest BCUT2D eigenvalue weighted by Crippen LogP contribution is -2.06. The molecule has 1 N–H and O–H groups in total. The summed E-state index contributed by atoms with van der Waals surface area (Å²) in [5.74, 6) is 0.702. The van der Waals surface area contributed by atoms with Crippen LogP contribution in [0.1, 0.15) is 33.9 Å². The minimum Gasteiger partial charge on any atom is -0.496 e. The summed E-state index contributed by atoms with van der Waals surface area (Å²) >= 11 is 6.08. The van der Waals surface area contributed by atoms with Crippen LogP contribution in [0.4, 0.5) is 0 Å². The van der Waals surface area contributed by atoms with Crippen molar-refractivity contribution in [1.29, 1.82) is 0 Å². The first-order valence-corrected chi connectivity index (χ1v) is 6.90. The Morgan fingerprint density at radius 2 is 1.65 bits per heavy atom. The number of ether oxygens (including phenoxy) is 1. The summed E-state index contributed by atoms with van der Waals surface area (Å²) in [6.45, 7) is 5.95. The van der Waals surface area contributed by atoms with E-state index in [1.807, 2.05) is 45.0 Å². The molecule has 0 saturated heterocycles. The summed E-state index contributed by atoms with van der Waals surface area (Å²) in [6.07, 6.45) is -0.747. The van der Waals surface area contributed by atoms with Gasteiger partial charge in [0, 0.05) is 10.6 Å². The van der Waals surface area contributed by atoms with Crippen molar-refractivity contribution in [2.24, 2.45) is 0 Å². The van der Waals surface area contributed by atoms with Crippen LogP contribution in [0, 0.1) is 20.8 Å². The van der Waals surface area contributed by atoms with Gasteiger partial charge >= 0.3 is 0 Å². The Morgan fingerprint density at radius 3 is 2.25 bits per heavy atom. The molecule has 2 nitrogen and oxygen atoms in total. The van der Waals surface area contributed by atoms with E-state index < -0.39 is 6.10 Å². The zero-order valence-corrected chi connectivity index (χ0v) is 13.0. The molecule has 0 fully saturated rings. The average Bonchev–Trinajstić information content (AvgIpc) is 2.35. The average molecular weight is 291 g/mol. The molecule has 3 heteroatoms. The fraction of sp³-hybridized carbons (Fsp3) is 0.294. The molecule has 106 valence electrons. The number of methoxy groups -OCH3 is 1. The molecular weight excluding hydrogens is 272 g/mol. The van der Waals surface area contributed by atoms with E-state index in [2.05, 4.69) is 0 Å². The monoisotopic (exact) mass is 290 g/mol. The SMILES string of the molecule is COc1cc(C)cc(C)c1C(O)c1cc(C)cc(Cl)c1. The third kappa shape index (κ3) is 2.97. The maximum atomic E-state index is 10.7. The topological polar surface area (TPSA) is 29.5 Å². The quantitative estimate of drug-likeness (QED) is 0.910. The van der Waals surface area contributed by atoms with Gasteiger partial charge in [0.05, 0.1) is 7.11 Å². The third-order valence-electron chi connectivity index (χ3n) is 3.37. The van der Waals surface area contributed by atoms with Crippen LogP contribution in [0.5, 0.6) is 5.75 Å². The molecule has 0 amide bonds. The molecule has 0 aliphatic heterocycles. The molecule has 0 bridgehead atoms. The van der Waals surface area contributed by atoms with Crippen LogP contribution in [-0.2, 0) is 0 Å². The maximum absolute atomic E-state index is 10.7. The van der Waals surface area contributed by atoms with Crippen LogP contribution in [0.2, 0.25) is 5.02 Å². The molecule has 0 spiro atoms. The number of aryl methyl sites for hydroxylation is 3. The van der Waals surface area contributed by atoms with E-state index >= 15 is 0 Å². The molecule has 0 heterocycles. The van der Waals surface area contributed by atoms with Gasteiger partial charge in [0.1, 0.15) is 11.9 Å². The molecule has 1 atom stereocenters. The summed E-state index contributed by atoms with van der Waals surface area (Å²) in [5, 5.41) is 11.3. The van der Waals surface area contributed by atoms with Crippen LogP contribution in [0.25, 0.3) is 0 Å². The van der Waals surface area contributed by atoms with Gasteiger partial charge in [-0.1, -0.05) is 23.7 Å². The Balaban J connectivity index is 2.55. The van der Waals surface area contributed by atoms with Crippen molar-refractivity contribution < 1.29 is 9.84 Å². The Bertz CT molecular complexity index is 615. The van der Waals surface area contributed by atoms with Crippen LogP contribution < -0.4 is 4.74 Å². The summed E-state index contributed by atoms with van der Waals surface area (Å²) in [5.41, 5.74) is 4.71. The lowest BCUT2D eigenvalue weighted by atomic mass is 9.94. The fourth-order valence-electron chi connectivity index (χ4n) is 2.55. The summed E-state index contributed by atoms with van der Waals surface area (Å²) in [6, 6.07) is 9.58. The van der Waals surface area contributed by atoms with E-state index in [1.165, 1.54) is 0 Å². The van der Waals surface area contributed by atoms with E-state index in [0.717, 1.165) is 27.8 Å². The number of halogens is 1. The predicted octanol–water partition coefficient (Wildman–Crippen LogP) is 4.36. The third-order valence-corrected chi connectivity index (χ3v) is 3.58. The molecule has 1 unspecified atom stereocenters. The Labute approximate surface area is 125 Å². The largest absolute Gasteiger partial charge is 0.496 e. The van der Waals surface area contributed by atoms with Gasteiger partial charge in [0.25, 0.3) is 0 Å². The van der Waals surface area contributed by atoms with Crippen molar-refractivity contribution in [3.63, 3.8) is 0 Å². The lowest BCUT2D eigenvalue weighted by Gasteiger charge is -2.19. The standard InChI is InChI=1S/C17H19ClO2/c1-10-5-12(3)16(15(8-10)20-4)17(19)13-6-11(2)7-14(18)9-13/h5-9,17,19H,1-4H3. The Hall–Kier alpha value is -1.51. The summed E-state index contributed by atoms with van der Waals surface area (Å²) < 4.78 is 5.42. The number of aliphatic hydroxyl groups is 1. The van der Waals surface area contributed by atoms with Crippen molar-refractivity contribution >= 4 is 11.6 Å². The number of rotatable bonds is 3. The maximum Gasteiger partial charge on any atom is 0.125 e. The lowest BCUT2D eigenvalue weighted by molar-refractivity contribution is 0.214. The highest BCUT2D eigenvalue weighted by Crippen LogP contribution is 2.34. The van der Waals surface area contributed by atoms with Gasteiger partial charge in [-0.2, -0.15) is 0 Å². The molecule has 0 aliphatic rings. The zero-order valence-electron chi connectivity index (χ0n) is 12.2. The van der Waals surface area contributed by atoms with Gasteiger partial charge in [-0.15, -0.1) is 0 Å². The second kappa shape index (κ2) is 5.86. The second-order valence-corrected chi connectivity index (χ2v) is 5.60. The highest BCUT2D eigenvalue weighted by Gasteiger charge is 2.19.